The Morgan fingerprint density at radius 1 is 1.20 bits per heavy atom. The van der Waals surface area contributed by atoms with Crippen LogP contribution in [0.5, 0.6) is 0 Å². The van der Waals surface area contributed by atoms with Gasteiger partial charge in [-0.25, -0.2) is 9.78 Å². The number of amides is 2. The lowest BCUT2D eigenvalue weighted by atomic mass is 9.84. The van der Waals surface area contributed by atoms with Gasteiger partial charge in [0.25, 0.3) is 0 Å². The highest BCUT2D eigenvalue weighted by atomic mass is 16.4. The molecule has 3 heterocycles. The molecule has 2 saturated heterocycles. The van der Waals surface area contributed by atoms with Gasteiger partial charge >= 0.3 is 6.03 Å². The van der Waals surface area contributed by atoms with Gasteiger partial charge in [-0.05, 0) is 57.4 Å². The van der Waals surface area contributed by atoms with Gasteiger partial charge in [-0.1, -0.05) is 0 Å². The summed E-state index contributed by atoms with van der Waals surface area (Å²) in [5.41, 5.74) is 0. The van der Waals surface area contributed by atoms with E-state index < -0.39 is 0 Å². The third-order valence-corrected chi connectivity index (χ3v) is 6.33. The monoisotopic (exact) mass is 344 g/mol. The van der Waals surface area contributed by atoms with Crippen LogP contribution >= 0.6 is 0 Å². The van der Waals surface area contributed by atoms with Crippen LogP contribution in [0, 0.1) is 5.92 Å². The largest absolute Gasteiger partial charge is 0.444 e. The van der Waals surface area contributed by atoms with Crippen molar-refractivity contribution in [2.45, 2.75) is 69.5 Å². The van der Waals surface area contributed by atoms with E-state index in [1.165, 1.54) is 45.1 Å². The molecule has 2 aliphatic heterocycles. The summed E-state index contributed by atoms with van der Waals surface area (Å²) < 4.78 is 5.73. The Hall–Kier alpha value is -1.56. The third-order valence-electron chi connectivity index (χ3n) is 6.33. The first kappa shape index (κ1) is 15.7. The van der Waals surface area contributed by atoms with Gasteiger partial charge in [0.1, 0.15) is 5.76 Å². The average molecular weight is 344 g/mol. The smallest absolute Gasteiger partial charge is 0.317 e. The molecular weight excluding hydrogens is 316 g/mol. The molecule has 2 amide bonds. The number of hydrogen-bond donors (Lipinski definition) is 1. The van der Waals surface area contributed by atoms with Gasteiger partial charge in [0.2, 0.25) is 0 Å². The van der Waals surface area contributed by atoms with Gasteiger partial charge in [-0.2, -0.15) is 0 Å². The van der Waals surface area contributed by atoms with Crippen LogP contribution in [0.3, 0.4) is 0 Å². The summed E-state index contributed by atoms with van der Waals surface area (Å²) in [7, 11) is 0. The predicted octanol–water partition coefficient (Wildman–Crippen LogP) is 2.71. The van der Waals surface area contributed by atoms with Crippen molar-refractivity contribution in [2.24, 2.45) is 5.92 Å². The number of aromatic nitrogens is 1. The Balaban J connectivity index is 1.14. The van der Waals surface area contributed by atoms with Crippen LogP contribution in [-0.4, -0.2) is 52.5 Å². The molecule has 0 radical (unpaired) electrons. The predicted molar refractivity (Wildman–Crippen MR) is 93.1 cm³/mol. The first-order valence-electron chi connectivity index (χ1n) is 10.0. The minimum atomic E-state index is 0.0476. The summed E-state index contributed by atoms with van der Waals surface area (Å²) in [6.07, 6.45) is 10.6. The van der Waals surface area contributed by atoms with Crippen LogP contribution in [0.2, 0.25) is 0 Å². The number of carbonyl (C=O) groups excluding carboxylic acids is 1. The normalized spacial score (nSPS) is 30.2. The summed E-state index contributed by atoms with van der Waals surface area (Å²) in [5.74, 6) is 2.78. The van der Waals surface area contributed by atoms with Gasteiger partial charge in [-0.3, -0.25) is 4.90 Å². The molecule has 2 atom stereocenters. The number of hydrogen-bond acceptors (Lipinski definition) is 4. The minimum Gasteiger partial charge on any atom is -0.444 e. The van der Waals surface area contributed by atoms with E-state index in [1.807, 2.05) is 4.90 Å². The molecule has 0 aromatic carbocycles. The van der Waals surface area contributed by atoms with Gasteiger partial charge in [0.05, 0.1) is 12.7 Å². The van der Waals surface area contributed by atoms with Crippen molar-refractivity contribution in [3.8, 4) is 0 Å². The van der Waals surface area contributed by atoms with E-state index in [4.69, 9.17) is 4.42 Å². The molecule has 4 aliphatic rings. The second kappa shape index (κ2) is 6.31. The third kappa shape index (κ3) is 3.28. The first-order valence-corrected chi connectivity index (χ1v) is 10.0. The minimum absolute atomic E-state index is 0.0476. The van der Waals surface area contributed by atoms with Crippen LogP contribution in [0.25, 0.3) is 0 Å². The number of fused-ring (bicyclic) bond motifs is 1. The van der Waals surface area contributed by atoms with Crippen molar-refractivity contribution in [3.05, 3.63) is 17.8 Å². The molecule has 2 aliphatic carbocycles. The van der Waals surface area contributed by atoms with E-state index in [2.05, 4.69) is 15.2 Å². The van der Waals surface area contributed by atoms with Crippen LogP contribution < -0.4 is 5.32 Å². The van der Waals surface area contributed by atoms with E-state index >= 15 is 0 Å². The Morgan fingerprint density at radius 3 is 2.88 bits per heavy atom. The SMILES string of the molecule is O=C(NCc1cnc(C2CC2)o1)N1CCC2C(CCCN2C2CC2)C1. The molecule has 25 heavy (non-hydrogen) atoms. The van der Waals surface area contributed by atoms with Gasteiger partial charge in [0.15, 0.2) is 5.89 Å². The fourth-order valence-electron chi connectivity index (χ4n) is 4.68. The molecular formula is C19H28N4O2. The number of rotatable bonds is 4. The van der Waals surface area contributed by atoms with E-state index in [1.54, 1.807) is 6.20 Å². The van der Waals surface area contributed by atoms with Crippen LogP contribution in [0.4, 0.5) is 4.79 Å². The zero-order valence-electron chi connectivity index (χ0n) is 14.8. The number of nitrogens with one attached hydrogen (secondary N) is 1. The number of carbonyl (C=O) groups is 1. The summed E-state index contributed by atoms with van der Waals surface area (Å²) in [6.45, 7) is 3.49. The second-order valence-corrected chi connectivity index (χ2v) is 8.27. The highest BCUT2D eigenvalue weighted by molar-refractivity contribution is 5.74. The highest BCUT2D eigenvalue weighted by Crippen LogP contribution is 2.39. The quantitative estimate of drug-likeness (QED) is 0.912. The lowest BCUT2D eigenvalue weighted by Gasteiger charge is -2.47. The molecule has 6 heteroatoms. The number of urea groups is 1. The van der Waals surface area contributed by atoms with Gasteiger partial charge in [0, 0.05) is 31.1 Å². The van der Waals surface area contributed by atoms with E-state index in [0.29, 0.717) is 24.4 Å². The average Bonchev–Trinajstić information content (AvgIpc) is 3.57. The van der Waals surface area contributed by atoms with Gasteiger partial charge < -0.3 is 14.6 Å². The topological polar surface area (TPSA) is 61.6 Å². The van der Waals surface area contributed by atoms with Crippen molar-refractivity contribution in [3.63, 3.8) is 0 Å². The molecule has 2 unspecified atom stereocenters. The Labute approximate surface area is 148 Å². The maximum atomic E-state index is 12.6. The lowest BCUT2D eigenvalue weighted by molar-refractivity contribution is 0.0295. The zero-order valence-corrected chi connectivity index (χ0v) is 14.8. The number of oxazole rings is 1. The molecule has 0 spiro atoms. The molecule has 1 aromatic rings. The van der Waals surface area contributed by atoms with Gasteiger partial charge in [-0.15, -0.1) is 0 Å². The zero-order chi connectivity index (χ0) is 16.8. The van der Waals surface area contributed by atoms with Crippen molar-refractivity contribution in [1.29, 1.82) is 0 Å². The van der Waals surface area contributed by atoms with Crippen molar-refractivity contribution < 1.29 is 9.21 Å². The Bertz CT molecular complexity index is 637. The van der Waals surface area contributed by atoms with Crippen LogP contribution in [0.15, 0.2) is 10.6 Å². The Kier molecular flexibility index (Phi) is 3.95. The lowest BCUT2D eigenvalue weighted by Crippen LogP contribution is -2.57. The standard InChI is InChI=1S/C19H28N4O2/c24-19(21-11-16-10-20-18(25-16)13-3-4-13)22-9-7-17-14(12-22)2-1-8-23(17)15-5-6-15/h10,13-15,17H,1-9,11-12H2,(H,21,24). The van der Waals surface area contributed by atoms with Crippen molar-refractivity contribution in [1.82, 2.24) is 20.1 Å². The number of piperidine rings is 2. The molecule has 4 fully saturated rings. The molecule has 136 valence electrons. The second-order valence-electron chi connectivity index (χ2n) is 8.27. The molecule has 1 N–H and O–H groups in total. The van der Waals surface area contributed by atoms with Crippen molar-refractivity contribution in [2.75, 3.05) is 19.6 Å². The molecule has 6 nitrogen and oxygen atoms in total. The summed E-state index contributed by atoms with van der Waals surface area (Å²) in [4.78, 5) is 21.6. The number of nitrogens with zero attached hydrogens (tertiary/aromatic N) is 3. The maximum absolute atomic E-state index is 12.6. The molecule has 5 rings (SSSR count). The van der Waals surface area contributed by atoms with Crippen LogP contribution in [-0.2, 0) is 6.54 Å². The Morgan fingerprint density at radius 2 is 2.08 bits per heavy atom. The summed E-state index contributed by atoms with van der Waals surface area (Å²) >= 11 is 0. The highest BCUT2D eigenvalue weighted by Gasteiger charge is 2.42. The van der Waals surface area contributed by atoms with E-state index in [0.717, 1.165) is 37.2 Å². The summed E-state index contributed by atoms with van der Waals surface area (Å²) in [6, 6.07) is 1.60. The van der Waals surface area contributed by atoms with Crippen LogP contribution in [0.1, 0.15) is 62.5 Å². The summed E-state index contributed by atoms with van der Waals surface area (Å²) in [5, 5.41) is 3.02. The molecule has 0 bridgehead atoms. The fraction of sp³-hybridized carbons (Fsp3) is 0.789. The van der Waals surface area contributed by atoms with Crippen molar-refractivity contribution >= 4 is 6.03 Å². The molecule has 1 aromatic heterocycles. The van der Waals surface area contributed by atoms with E-state index in [-0.39, 0.29) is 6.03 Å². The fourth-order valence-corrected chi connectivity index (χ4v) is 4.68. The first-order chi connectivity index (χ1) is 12.3. The molecule has 2 saturated carbocycles. The maximum Gasteiger partial charge on any atom is 0.317 e. The van der Waals surface area contributed by atoms with E-state index in [9.17, 15) is 4.79 Å². The number of likely N-dealkylation sites (tertiary alicyclic amines) is 2.